The van der Waals surface area contributed by atoms with Gasteiger partial charge in [-0.05, 0) is 18.6 Å². The Hall–Kier alpha value is -2.90. The molecule has 184 valence electrons. The van der Waals surface area contributed by atoms with Crippen LogP contribution in [0.5, 0.6) is 5.75 Å². The Labute approximate surface area is 188 Å². The molecule has 2 amide bonds. The maximum absolute atomic E-state index is 12.5. The van der Waals surface area contributed by atoms with Crippen LogP contribution in [0, 0.1) is 11.3 Å². The molecule has 1 spiro atoms. The summed E-state index contributed by atoms with van der Waals surface area (Å²) in [6.45, 7) is 1.63. The normalized spacial score (nSPS) is 22.5. The van der Waals surface area contributed by atoms with Crippen molar-refractivity contribution in [2.45, 2.75) is 19.0 Å². The Kier molecular flexibility index (Phi) is 8.27. The second-order valence-corrected chi connectivity index (χ2v) is 10.1. The molecule has 0 aromatic carbocycles. The molecule has 0 radical (unpaired) electrons. The molecule has 14 heteroatoms. The van der Waals surface area contributed by atoms with E-state index in [1.807, 2.05) is 0 Å². The fourth-order valence-electron chi connectivity index (χ4n) is 3.62. The molecule has 1 aromatic heterocycles. The second-order valence-electron chi connectivity index (χ2n) is 7.81. The van der Waals surface area contributed by atoms with Crippen LogP contribution in [0.4, 0.5) is 13.2 Å². The highest BCUT2D eigenvalue weighted by atomic mass is 32.2. The third kappa shape index (κ3) is 7.30. The van der Waals surface area contributed by atoms with Crippen molar-refractivity contribution in [1.82, 2.24) is 15.2 Å². The lowest BCUT2D eigenvalue weighted by Crippen LogP contribution is -2.41. The predicted molar refractivity (Wildman–Crippen MR) is 108 cm³/mol. The molecular formula is C19H24F3N3O7S. The van der Waals surface area contributed by atoms with E-state index < -0.39 is 27.4 Å². The second kappa shape index (κ2) is 10.4. The maximum Gasteiger partial charge on any atom is 0.490 e. The third-order valence-electron chi connectivity index (χ3n) is 5.41. The fourth-order valence-corrected chi connectivity index (χ4v) is 4.16. The standard InChI is InChI=1S/C17H23N3O5S.C2HF3O2/c1-26(23,24)8-4-15(21)20-7-5-17(12-20)13(9-19-16(17)22)11-25-14-3-2-6-18-10-14;3-2(4,5)1(6)7/h2-3,6,10,13H,4-5,7-9,11-12H2,1H3,(H,19,22);(H,6,7)/t13-,17-;/m1./s1. The Bertz CT molecular complexity index is 973. The van der Waals surface area contributed by atoms with Crippen molar-refractivity contribution in [3.05, 3.63) is 24.5 Å². The van der Waals surface area contributed by atoms with Crippen molar-refractivity contribution >= 4 is 27.6 Å². The van der Waals surface area contributed by atoms with Gasteiger partial charge in [-0.1, -0.05) is 0 Å². The quantitative estimate of drug-likeness (QED) is 0.581. The number of hydrogen-bond acceptors (Lipinski definition) is 7. The minimum Gasteiger partial charge on any atom is -0.492 e. The molecule has 0 saturated carbocycles. The van der Waals surface area contributed by atoms with Gasteiger partial charge in [0.25, 0.3) is 0 Å². The smallest absolute Gasteiger partial charge is 0.490 e. The van der Waals surface area contributed by atoms with E-state index in [9.17, 15) is 31.2 Å². The van der Waals surface area contributed by atoms with Gasteiger partial charge >= 0.3 is 12.1 Å². The van der Waals surface area contributed by atoms with Crippen molar-refractivity contribution in [2.75, 3.05) is 38.2 Å². The van der Waals surface area contributed by atoms with Gasteiger partial charge in [0.1, 0.15) is 15.6 Å². The fraction of sp³-hybridized carbons (Fsp3) is 0.579. The number of nitrogens with one attached hydrogen (secondary N) is 1. The van der Waals surface area contributed by atoms with Crippen molar-refractivity contribution in [3.63, 3.8) is 0 Å². The van der Waals surface area contributed by atoms with Gasteiger partial charge < -0.3 is 20.1 Å². The maximum atomic E-state index is 12.5. The molecule has 1 aromatic rings. The Balaban J connectivity index is 0.000000479. The summed E-state index contributed by atoms with van der Waals surface area (Å²) in [5, 5.41) is 10.0. The van der Waals surface area contributed by atoms with Crippen molar-refractivity contribution in [1.29, 1.82) is 0 Å². The number of likely N-dealkylation sites (tertiary alicyclic amines) is 1. The zero-order valence-corrected chi connectivity index (χ0v) is 18.5. The van der Waals surface area contributed by atoms with Gasteiger partial charge in [-0.15, -0.1) is 0 Å². The summed E-state index contributed by atoms with van der Waals surface area (Å²) in [6.07, 6.45) is -0.182. The number of amides is 2. The molecular weight excluding hydrogens is 471 g/mol. The number of aromatic nitrogens is 1. The number of halogens is 3. The minimum atomic E-state index is -5.08. The van der Waals surface area contributed by atoms with E-state index in [1.54, 1.807) is 29.4 Å². The highest BCUT2D eigenvalue weighted by Crippen LogP contribution is 2.42. The van der Waals surface area contributed by atoms with E-state index in [0.29, 0.717) is 38.4 Å². The predicted octanol–water partition coefficient (Wildman–Crippen LogP) is 0.493. The number of nitrogens with zero attached hydrogens (tertiary/aromatic N) is 2. The largest absolute Gasteiger partial charge is 0.492 e. The number of carbonyl (C=O) groups is 3. The topological polar surface area (TPSA) is 143 Å². The Morgan fingerprint density at radius 2 is 2.06 bits per heavy atom. The summed E-state index contributed by atoms with van der Waals surface area (Å²) in [4.78, 5) is 39.3. The van der Waals surface area contributed by atoms with Crippen LogP contribution in [0.2, 0.25) is 0 Å². The van der Waals surface area contributed by atoms with Crippen molar-refractivity contribution in [2.24, 2.45) is 11.3 Å². The number of aliphatic carboxylic acids is 1. The van der Waals surface area contributed by atoms with Crippen LogP contribution in [0.15, 0.2) is 24.5 Å². The number of carbonyl (C=O) groups excluding carboxylic acids is 2. The number of carboxylic acids is 1. The lowest BCUT2D eigenvalue weighted by molar-refractivity contribution is -0.192. The molecule has 0 aliphatic carbocycles. The number of pyridine rings is 1. The average Bonchev–Trinajstić information content (AvgIpc) is 3.30. The Morgan fingerprint density at radius 1 is 1.39 bits per heavy atom. The van der Waals surface area contributed by atoms with Crippen LogP contribution in [0.1, 0.15) is 12.8 Å². The van der Waals surface area contributed by atoms with Crippen LogP contribution < -0.4 is 10.1 Å². The van der Waals surface area contributed by atoms with E-state index in [4.69, 9.17) is 14.6 Å². The molecule has 2 N–H and O–H groups in total. The average molecular weight is 495 g/mol. The lowest BCUT2D eigenvalue weighted by atomic mass is 9.77. The van der Waals surface area contributed by atoms with E-state index in [2.05, 4.69) is 10.3 Å². The first-order valence-electron chi connectivity index (χ1n) is 9.81. The number of hydrogen-bond donors (Lipinski definition) is 2. The SMILES string of the molecule is CS(=O)(=O)CCC(=O)N1CC[C@]2(C1)C(=O)NC[C@@H]2COc1cccnc1.O=C(O)C(F)(F)F. The van der Waals surface area contributed by atoms with E-state index in [1.165, 1.54) is 0 Å². The number of ether oxygens (including phenoxy) is 1. The molecule has 10 nitrogen and oxygen atoms in total. The molecule has 2 aliphatic rings. The minimum absolute atomic E-state index is 0.0482. The Morgan fingerprint density at radius 3 is 2.61 bits per heavy atom. The van der Waals surface area contributed by atoms with Crippen LogP contribution in [-0.4, -0.2) is 85.6 Å². The van der Waals surface area contributed by atoms with Gasteiger partial charge in [0.2, 0.25) is 11.8 Å². The molecule has 2 fully saturated rings. The van der Waals surface area contributed by atoms with Gasteiger partial charge in [0, 0.05) is 44.4 Å². The zero-order chi connectivity index (χ0) is 24.9. The van der Waals surface area contributed by atoms with Crippen LogP contribution >= 0.6 is 0 Å². The van der Waals surface area contributed by atoms with Gasteiger partial charge in [-0.3, -0.25) is 14.6 Å². The van der Waals surface area contributed by atoms with E-state index in [0.717, 1.165) is 6.26 Å². The summed E-state index contributed by atoms with van der Waals surface area (Å²) < 4.78 is 60.0. The first-order valence-corrected chi connectivity index (χ1v) is 11.9. The van der Waals surface area contributed by atoms with Gasteiger partial charge in [0.15, 0.2) is 0 Å². The highest BCUT2D eigenvalue weighted by molar-refractivity contribution is 7.90. The van der Waals surface area contributed by atoms with Crippen LogP contribution in [-0.2, 0) is 24.2 Å². The summed E-state index contributed by atoms with van der Waals surface area (Å²) in [6, 6.07) is 3.58. The molecule has 3 rings (SSSR count). The summed E-state index contributed by atoms with van der Waals surface area (Å²) in [5.41, 5.74) is -0.664. The van der Waals surface area contributed by atoms with Gasteiger partial charge in [-0.2, -0.15) is 13.2 Å². The van der Waals surface area contributed by atoms with Crippen molar-refractivity contribution < 1.29 is 45.8 Å². The molecule has 2 aliphatic heterocycles. The number of sulfone groups is 1. The molecule has 2 atom stereocenters. The summed E-state index contributed by atoms with van der Waals surface area (Å²) >= 11 is 0. The molecule has 0 bridgehead atoms. The molecule has 0 unspecified atom stereocenters. The highest BCUT2D eigenvalue weighted by Gasteiger charge is 2.55. The van der Waals surface area contributed by atoms with Gasteiger partial charge in [0.05, 0.1) is 24.0 Å². The summed E-state index contributed by atoms with van der Waals surface area (Å²) in [7, 11) is -3.19. The monoisotopic (exact) mass is 495 g/mol. The number of alkyl halides is 3. The molecule has 3 heterocycles. The van der Waals surface area contributed by atoms with Crippen LogP contribution in [0.3, 0.4) is 0 Å². The number of rotatable bonds is 6. The van der Waals surface area contributed by atoms with Crippen molar-refractivity contribution in [3.8, 4) is 5.75 Å². The van der Waals surface area contributed by atoms with Gasteiger partial charge in [-0.25, -0.2) is 13.2 Å². The first-order chi connectivity index (χ1) is 15.2. The van der Waals surface area contributed by atoms with Crippen LogP contribution in [0.25, 0.3) is 0 Å². The first kappa shape index (κ1) is 26.4. The molecule has 33 heavy (non-hydrogen) atoms. The lowest BCUT2D eigenvalue weighted by Gasteiger charge is -2.28. The number of carboxylic acid groups (broad SMARTS) is 1. The third-order valence-corrected chi connectivity index (χ3v) is 6.36. The summed E-state index contributed by atoms with van der Waals surface area (Å²) in [5.74, 6) is -2.62. The van der Waals surface area contributed by atoms with E-state index >= 15 is 0 Å². The molecule has 2 saturated heterocycles. The van der Waals surface area contributed by atoms with E-state index in [-0.39, 0.29) is 29.9 Å². The zero-order valence-electron chi connectivity index (χ0n) is 17.7.